The van der Waals surface area contributed by atoms with Crippen LogP contribution in [0.3, 0.4) is 0 Å². The lowest BCUT2D eigenvalue weighted by atomic mass is 9.74. The van der Waals surface area contributed by atoms with E-state index in [0.717, 1.165) is 19.4 Å². The molecule has 0 fully saturated rings. The zero-order valence-corrected chi connectivity index (χ0v) is 13.5. The van der Waals surface area contributed by atoms with Crippen molar-refractivity contribution in [1.82, 2.24) is 9.55 Å². The van der Waals surface area contributed by atoms with Crippen LogP contribution in [-0.4, -0.2) is 9.55 Å². The maximum Gasteiger partial charge on any atom is 0.0479 e. The van der Waals surface area contributed by atoms with Crippen LogP contribution in [0.4, 0.5) is 0 Å². The minimum Gasteiger partial charge on any atom is -0.344 e. The van der Waals surface area contributed by atoms with E-state index in [4.69, 9.17) is 5.73 Å². The van der Waals surface area contributed by atoms with Gasteiger partial charge in [-0.1, -0.05) is 13.8 Å². The summed E-state index contributed by atoms with van der Waals surface area (Å²) < 4.78 is 2.44. The summed E-state index contributed by atoms with van der Waals surface area (Å²) in [5, 5.41) is 0. The van der Waals surface area contributed by atoms with Crippen molar-refractivity contribution in [2.24, 2.45) is 11.1 Å². The normalized spacial score (nSPS) is 20.3. The highest BCUT2D eigenvalue weighted by Gasteiger charge is 2.33. The minimum atomic E-state index is 0.169. The quantitative estimate of drug-likeness (QED) is 0.916. The average Bonchev–Trinajstić information content (AvgIpc) is 2.69. The van der Waals surface area contributed by atoms with Gasteiger partial charge in [0.05, 0.1) is 0 Å². The lowest BCUT2D eigenvalue weighted by Crippen LogP contribution is -2.30. The van der Waals surface area contributed by atoms with Gasteiger partial charge in [-0.3, -0.25) is 4.98 Å². The summed E-state index contributed by atoms with van der Waals surface area (Å²) in [7, 11) is 0. The summed E-state index contributed by atoms with van der Waals surface area (Å²) in [4.78, 5) is 4.19. The highest BCUT2D eigenvalue weighted by Crippen LogP contribution is 2.41. The zero-order chi connectivity index (χ0) is 15.2. The molecule has 1 aliphatic rings. The molecule has 0 aromatic carbocycles. The second kappa shape index (κ2) is 4.99. The SMILES string of the molecule is Cc1cnccc1Cn1c(C)cc2c1CC(C)(C)CC2N. The fourth-order valence-electron chi connectivity index (χ4n) is 3.57. The smallest absolute Gasteiger partial charge is 0.0479 e. The zero-order valence-electron chi connectivity index (χ0n) is 13.5. The average molecular weight is 283 g/mol. The van der Waals surface area contributed by atoms with E-state index in [1.54, 1.807) is 0 Å². The summed E-state index contributed by atoms with van der Waals surface area (Å²) in [5.74, 6) is 0. The number of fused-ring (bicyclic) bond motifs is 1. The summed E-state index contributed by atoms with van der Waals surface area (Å²) in [6, 6.07) is 4.57. The van der Waals surface area contributed by atoms with Gasteiger partial charge in [-0.2, -0.15) is 0 Å². The van der Waals surface area contributed by atoms with Crippen molar-refractivity contribution in [1.29, 1.82) is 0 Å². The Hall–Kier alpha value is -1.61. The fraction of sp³-hybridized carbons (Fsp3) is 0.500. The third-order valence-corrected chi connectivity index (χ3v) is 4.73. The second-order valence-electron chi connectivity index (χ2n) is 7.23. The van der Waals surface area contributed by atoms with E-state index in [0.29, 0.717) is 0 Å². The molecule has 3 rings (SSSR count). The molecule has 2 N–H and O–H groups in total. The third-order valence-electron chi connectivity index (χ3n) is 4.73. The molecule has 0 amide bonds. The molecule has 0 radical (unpaired) electrons. The Morgan fingerprint density at radius 2 is 2.14 bits per heavy atom. The maximum absolute atomic E-state index is 6.40. The van der Waals surface area contributed by atoms with E-state index in [9.17, 15) is 0 Å². The van der Waals surface area contributed by atoms with Crippen molar-refractivity contribution in [3.63, 3.8) is 0 Å². The molecule has 112 valence electrons. The molecule has 0 bridgehead atoms. The van der Waals surface area contributed by atoms with Gasteiger partial charge in [0.1, 0.15) is 0 Å². The van der Waals surface area contributed by atoms with Crippen LogP contribution in [0.1, 0.15) is 54.4 Å². The molecule has 1 atom stereocenters. The van der Waals surface area contributed by atoms with Gasteiger partial charge >= 0.3 is 0 Å². The number of hydrogen-bond donors (Lipinski definition) is 1. The van der Waals surface area contributed by atoms with Crippen molar-refractivity contribution < 1.29 is 0 Å². The monoisotopic (exact) mass is 283 g/mol. The van der Waals surface area contributed by atoms with E-state index in [-0.39, 0.29) is 11.5 Å². The molecule has 1 unspecified atom stereocenters. The van der Waals surface area contributed by atoms with Crippen LogP contribution >= 0.6 is 0 Å². The summed E-state index contributed by atoms with van der Waals surface area (Å²) in [6.07, 6.45) is 5.99. The maximum atomic E-state index is 6.40. The molecule has 21 heavy (non-hydrogen) atoms. The largest absolute Gasteiger partial charge is 0.344 e. The van der Waals surface area contributed by atoms with Crippen LogP contribution < -0.4 is 5.73 Å². The molecule has 2 heterocycles. The highest BCUT2D eigenvalue weighted by atomic mass is 15.0. The Morgan fingerprint density at radius 1 is 1.38 bits per heavy atom. The Labute approximate surface area is 127 Å². The van der Waals surface area contributed by atoms with Crippen molar-refractivity contribution >= 4 is 0 Å². The first-order valence-electron chi connectivity index (χ1n) is 7.71. The first-order valence-corrected chi connectivity index (χ1v) is 7.71. The van der Waals surface area contributed by atoms with E-state index in [1.165, 1.54) is 28.1 Å². The minimum absolute atomic E-state index is 0.169. The third kappa shape index (κ3) is 2.62. The number of hydrogen-bond acceptors (Lipinski definition) is 2. The van der Waals surface area contributed by atoms with Gasteiger partial charge in [0, 0.05) is 36.4 Å². The van der Waals surface area contributed by atoms with Crippen LogP contribution in [-0.2, 0) is 13.0 Å². The molecule has 0 spiro atoms. The Morgan fingerprint density at radius 3 is 2.86 bits per heavy atom. The lowest BCUT2D eigenvalue weighted by molar-refractivity contribution is 0.276. The van der Waals surface area contributed by atoms with Crippen LogP contribution in [0, 0.1) is 19.3 Å². The molecular weight excluding hydrogens is 258 g/mol. The highest BCUT2D eigenvalue weighted by molar-refractivity contribution is 5.35. The van der Waals surface area contributed by atoms with Gasteiger partial charge in [0.25, 0.3) is 0 Å². The van der Waals surface area contributed by atoms with Crippen LogP contribution in [0.15, 0.2) is 24.5 Å². The van der Waals surface area contributed by atoms with Crippen molar-refractivity contribution in [2.75, 3.05) is 0 Å². The Balaban J connectivity index is 2.03. The number of nitrogens with two attached hydrogens (primary N) is 1. The summed E-state index contributed by atoms with van der Waals surface area (Å²) in [5.41, 5.74) is 13.3. The standard InChI is InChI=1S/C18H25N3/c1-12-10-20-6-5-14(12)11-21-13(2)7-15-16(19)8-18(3,4)9-17(15)21/h5-7,10,16H,8-9,11,19H2,1-4H3. The molecule has 2 aromatic heterocycles. The second-order valence-corrected chi connectivity index (χ2v) is 7.23. The van der Waals surface area contributed by atoms with Crippen LogP contribution in [0.5, 0.6) is 0 Å². The number of aromatic nitrogens is 2. The molecule has 0 saturated carbocycles. The van der Waals surface area contributed by atoms with Gasteiger partial charge in [-0.05, 0) is 60.9 Å². The van der Waals surface area contributed by atoms with E-state index in [1.807, 2.05) is 12.4 Å². The molecule has 0 saturated heterocycles. The van der Waals surface area contributed by atoms with Crippen LogP contribution in [0.25, 0.3) is 0 Å². The first kappa shape index (κ1) is 14.3. The van der Waals surface area contributed by atoms with Crippen molar-refractivity contribution in [3.05, 3.63) is 52.6 Å². The lowest BCUT2D eigenvalue weighted by Gasteiger charge is -2.34. The first-order chi connectivity index (χ1) is 9.87. The predicted molar refractivity (Wildman–Crippen MR) is 86.3 cm³/mol. The van der Waals surface area contributed by atoms with Gasteiger partial charge in [0.2, 0.25) is 0 Å². The van der Waals surface area contributed by atoms with Gasteiger partial charge in [-0.25, -0.2) is 0 Å². The predicted octanol–water partition coefficient (Wildman–Crippen LogP) is 3.52. The topological polar surface area (TPSA) is 43.8 Å². The molecular formula is C18H25N3. The Bertz CT molecular complexity index is 667. The molecule has 3 nitrogen and oxygen atoms in total. The number of aryl methyl sites for hydroxylation is 2. The summed E-state index contributed by atoms with van der Waals surface area (Å²) >= 11 is 0. The summed E-state index contributed by atoms with van der Waals surface area (Å²) in [6.45, 7) is 9.87. The van der Waals surface area contributed by atoms with E-state index < -0.39 is 0 Å². The fourth-order valence-corrected chi connectivity index (χ4v) is 3.57. The molecule has 0 aliphatic heterocycles. The molecule has 2 aromatic rings. The van der Waals surface area contributed by atoms with Gasteiger partial charge < -0.3 is 10.3 Å². The molecule has 3 heteroatoms. The number of rotatable bonds is 2. The van der Waals surface area contributed by atoms with Crippen LogP contribution in [0.2, 0.25) is 0 Å². The van der Waals surface area contributed by atoms with Crippen molar-refractivity contribution in [3.8, 4) is 0 Å². The van der Waals surface area contributed by atoms with E-state index >= 15 is 0 Å². The molecule has 1 aliphatic carbocycles. The van der Waals surface area contributed by atoms with Gasteiger partial charge in [0.15, 0.2) is 0 Å². The van der Waals surface area contributed by atoms with E-state index in [2.05, 4.69) is 49.4 Å². The van der Waals surface area contributed by atoms with Gasteiger partial charge in [-0.15, -0.1) is 0 Å². The van der Waals surface area contributed by atoms with Crippen molar-refractivity contribution in [2.45, 2.75) is 53.1 Å². The number of nitrogens with zero attached hydrogens (tertiary/aromatic N) is 2. The Kier molecular flexibility index (Phi) is 3.40. The number of pyridine rings is 1.